The molecule has 1 amide bonds. The SMILES string of the molecule is CCNC(=O)CN1CCC[C@H]1C(=O)O. The van der Waals surface area contributed by atoms with Crippen molar-refractivity contribution in [3.63, 3.8) is 0 Å². The number of hydrogen-bond donors (Lipinski definition) is 2. The van der Waals surface area contributed by atoms with Gasteiger partial charge in [0.25, 0.3) is 0 Å². The number of carboxylic acids is 1. The van der Waals surface area contributed by atoms with Crippen LogP contribution < -0.4 is 5.32 Å². The summed E-state index contributed by atoms with van der Waals surface area (Å²) in [7, 11) is 0. The van der Waals surface area contributed by atoms with Crippen LogP contribution in [0, 0.1) is 0 Å². The quantitative estimate of drug-likeness (QED) is 0.652. The van der Waals surface area contributed by atoms with Gasteiger partial charge >= 0.3 is 5.97 Å². The third kappa shape index (κ3) is 2.70. The standard InChI is InChI=1S/C9H16N2O3/c1-2-10-8(12)6-11-5-3-4-7(11)9(13)14/h7H,2-6H2,1H3,(H,10,12)(H,13,14)/t7-/m0/s1. The average molecular weight is 200 g/mol. The highest BCUT2D eigenvalue weighted by atomic mass is 16.4. The number of carbonyl (C=O) groups excluding carboxylic acids is 1. The topological polar surface area (TPSA) is 69.6 Å². The zero-order valence-corrected chi connectivity index (χ0v) is 8.32. The van der Waals surface area contributed by atoms with E-state index in [9.17, 15) is 9.59 Å². The van der Waals surface area contributed by atoms with E-state index in [1.807, 2.05) is 6.92 Å². The van der Waals surface area contributed by atoms with Gasteiger partial charge in [0, 0.05) is 6.54 Å². The molecule has 1 atom stereocenters. The van der Waals surface area contributed by atoms with Gasteiger partial charge in [0.15, 0.2) is 0 Å². The van der Waals surface area contributed by atoms with Gasteiger partial charge in [-0.05, 0) is 26.3 Å². The van der Waals surface area contributed by atoms with E-state index in [1.54, 1.807) is 4.90 Å². The van der Waals surface area contributed by atoms with Crippen LogP contribution in [0.3, 0.4) is 0 Å². The first kappa shape index (κ1) is 11.0. The molecule has 5 heteroatoms. The molecule has 1 heterocycles. The average Bonchev–Trinajstić information content (AvgIpc) is 2.52. The van der Waals surface area contributed by atoms with Crippen LogP contribution in [0.1, 0.15) is 19.8 Å². The molecule has 1 fully saturated rings. The molecule has 0 aliphatic carbocycles. The summed E-state index contributed by atoms with van der Waals surface area (Å²) < 4.78 is 0. The maximum atomic E-state index is 11.2. The van der Waals surface area contributed by atoms with Gasteiger partial charge in [-0.2, -0.15) is 0 Å². The number of hydrogen-bond acceptors (Lipinski definition) is 3. The maximum absolute atomic E-state index is 11.2. The van der Waals surface area contributed by atoms with Gasteiger partial charge in [0.05, 0.1) is 6.54 Å². The summed E-state index contributed by atoms with van der Waals surface area (Å²) in [4.78, 5) is 23.7. The van der Waals surface area contributed by atoms with Crippen LogP contribution in [-0.4, -0.2) is 47.6 Å². The zero-order chi connectivity index (χ0) is 10.6. The largest absolute Gasteiger partial charge is 0.480 e. The van der Waals surface area contributed by atoms with Gasteiger partial charge in [0.1, 0.15) is 6.04 Å². The van der Waals surface area contributed by atoms with Crippen LogP contribution in [-0.2, 0) is 9.59 Å². The van der Waals surface area contributed by atoms with Crippen LogP contribution in [0.2, 0.25) is 0 Å². The fourth-order valence-corrected chi connectivity index (χ4v) is 1.73. The third-order valence-electron chi connectivity index (χ3n) is 2.37. The summed E-state index contributed by atoms with van der Waals surface area (Å²) in [5.74, 6) is -0.924. The normalized spacial score (nSPS) is 22.2. The number of likely N-dealkylation sites (tertiary alicyclic amines) is 1. The lowest BCUT2D eigenvalue weighted by atomic mass is 10.2. The van der Waals surface area contributed by atoms with E-state index in [4.69, 9.17) is 5.11 Å². The Morgan fingerprint density at radius 3 is 2.86 bits per heavy atom. The van der Waals surface area contributed by atoms with Crippen molar-refractivity contribution in [3.8, 4) is 0 Å². The molecular weight excluding hydrogens is 184 g/mol. The first-order chi connectivity index (χ1) is 6.65. The van der Waals surface area contributed by atoms with Gasteiger partial charge < -0.3 is 10.4 Å². The first-order valence-electron chi connectivity index (χ1n) is 4.88. The number of carboxylic acid groups (broad SMARTS) is 1. The molecule has 1 saturated heterocycles. The summed E-state index contributed by atoms with van der Waals surface area (Å²) in [6.45, 7) is 3.33. The van der Waals surface area contributed by atoms with Crippen LogP contribution in [0.4, 0.5) is 0 Å². The second-order valence-corrected chi connectivity index (χ2v) is 3.42. The fraction of sp³-hybridized carbons (Fsp3) is 0.778. The fourth-order valence-electron chi connectivity index (χ4n) is 1.73. The Labute approximate surface area is 83.1 Å². The Hall–Kier alpha value is -1.10. The molecule has 0 aromatic rings. The molecule has 2 N–H and O–H groups in total. The molecule has 1 aliphatic heterocycles. The van der Waals surface area contributed by atoms with Gasteiger partial charge in [-0.1, -0.05) is 0 Å². The summed E-state index contributed by atoms with van der Waals surface area (Å²) in [6, 6.07) is -0.474. The lowest BCUT2D eigenvalue weighted by Crippen LogP contribution is -2.42. The monoisotopic (exact) mass is 200 g/mol. The molecule has 0 radical (unpaired) electrons. The Morgan fingerprint density at radius 2 is 2.29 bits per heavy atom. The number of aliphatic carboxylic acids is 1. The van der Waals surface area contributed by atoms with Crippen LogP contribution >= 0.6 is 0 Å². The number of likely N-dealkylation sites (N-methyl/N-ethyl adjacent to an activating group) is 1. The van der Waals surface area contributed by atoms with Crippen LogP contribution in [0.15, 0.2) is 0 Å². The van der Waals surface area contributed by atoms with E-state index in [0.29, 0.717) is 19.5 Å². The minimum Gasteiger partial charge on any atom is -0.480 e. The van der Waals surface area contributed by atoms with Crippen molar-refractivity contribution in [2.24, 2.45) is 0 Å². The molecule has 14 heavy (non-hydrogen) atoms. The number of rotatable bonds is 4. The highest BCUT2D eigenvalue weighted by Crippen LogP contribution is 2.16. The highest BCUT2D eigenvalue weighted by molar-refractivity contribution is 5.80. The molecule has 1 rings (SSSR count). The molecule has 0 aromatic carbocycles. The molecule has 80 valence electrons. The molecule has 0 bridgehead atoms. The van der Waals surface area contributed by atoms with Crippen molar-refractivity contribution < 1.29 is 14.7 Å². The molecule has 0 aromatic heterocycles. The van der Waals surface area contributed by atoms with Crippen molar-refractivity contribution in [3.05, 3.63) is 0 Å². The van der Waals surface area contributed by atoms with Crippen LogP contribution in [0.25, 0.3) is 0 Å². The third-order valence-corrected chi connectivity index (χ3v) is 2.37. The number of amides is 1. The van der Waals surface area contributed by atoms with Gasteiger partial charge in [-0.25, -0.2) is 0 Å². The first-order valence-corrected chi connectivity index (χ1v) is 4.88. The number of carbonyl (C=O) groups is 2. The van der Waals surface area contributed by atoms with E-state index in [2.05, 4.69) is 5.32 Å². The van der Waals surface area contributed by atoms with Gasteiger partial charge in [-0.15, -0.1) is 0 Å². The predicted molar refractivity (Wildman–Crippen MR) is 50.9 cm³/mol. The Morgan fingerprint density at radius 1 is 1.57 bits per heavy atom. The Balaban J connectivity index is 2.43. The Kier molecular flexibility index (Phi) is 3.88. The van der Waals surface area contributed by atoms with E-state index < -0.39 is 12.0 Å². The number of nitrogens with one attached hydrogen (secondary N) is 1. The molecule has 0 unspecified atom stereocenters. The highest BCUT2D eigenvalue weighted by Gasteiger charge is 2.31. The van der Waals surface area contributed by atoms with Crippen molar-refractivity contribution in [1.29, 1.82) is 0 Å². The molecule has 0 saturated carbocycles. The predicted octanol–water partition coefficient (Wildman–Crippen LogP) is -0.328. The van der Waals surface area contributed by atoms with Gasteiger partial charge in [0.2, 0.25) is 5.91 Å². The number of nitrogens with zero attached hydrogens (tertiary/aromatic N) is 1. The van der Waals surface area contributed by atoms with Gasteiger partial charge in [-0.3, -0.25) is 14.5 Å². The molecular formula is C9H16N2O3. The van der Waals surface area contributed by atoms with Crippen molar-refractivity contribution in [1.82, 2.24) is 10.2 Å². The van der Waals surface area contributed by atoms with Crippen molar-refractivity contribution >= 4 is 11.9 Å². The summed E-state index contributed by atoms with van der Waals surface area (Å²) >= 11 is 0. The van der Waals surface area contributed by atoms with Crippen molar-refractivity contribution in [2.45, 2.75) is 25.8 Å². The van der Waals surface area contributed by atoms with Crippen molar-refractivity contribution in [2.75, 3.05) is 19.6 Å². The van der Waals surface area contributed by atoms with E-state index >= 15 is 0 Å². The summed E-state index contributed by atoms with van der Waals surface area (Å²) in [5, 5.41) is 11.5. The van der Waals surface area contributed by atoms with E-state index in [-0.39, 0.29) is 12.5 Å². The van der Waals surface area contributed by atoms with Crippen LogP contribution in [0.5, 0.6) is 0 Å². The smallest absolute Gasteiger partial charge is 0.320 e. The molecule has 0 spiro atoms. The summed E-state index contributed by atoms with van der Waals surface area (Å²) in [5.41, 5.74) is 0. The second kappa shape index (κ2) is 4.95. The maximum Gasteiger partial charge on any atom is 0.320 e. The lowest BCUT2D eigenvalue weighted by Gasteiger charge is -2.19. The minimum atomic E-state index is -0.827. The Bertz CT molecular complexity index is 230. The lowest BCUT2D eigenvalue weighted by molar-refractivity contribution is -0.142. The van der Waals surface area contributed by atoms with E-state index in [1.165, 1.54) is 0 Å². The van der Waals surface area contributed by atoms with E-state index in [0.717, 1.165) is 6.42 Å². The molecule has 1 aliphatic rings. The minimum absolute atomic E-state index is 0.0966. The zero-order valence-electron chi connectivity index (χ0n) is 8.32. The summed E-state index contributed by atoms with van der Waals surface area (Å²) in [6.07, 6.45) is 1.51. The second-order valence-electron chi connectivity index (χ2n) is 3.42. The molecule has 5 nitrogen and oxygen atoms in total.